The molecule has 4 saturated heterocycles. The van der Waals surface area contributed by atoms with Crippen LogP contribution in [0.4, 0.5) is 0 Å². The molecular weight excluding hydrogens is 512 g/mol. The Morgan fingerprint density at radius 3 is 2.67 bits per heavy atom. The molecular formula is C30H50N4O6. The number of fused-ring (bicyclic) bond motifs is 5. The maximum Gasteiger partial charge on any atom is 0.248 e. The SMILES string of the molecule is COC1CCC2C3NCCC4C5CC(OC(C)C(=O)NCCCN6CCOCC6)CCC5N(C(=O)C2C1OC)C43. The number of carbonyl (C=O) groups excluding carboxylic acids is 2. The normalized spacial score (nSPS) is 42.1. The first-order valence-corrected chi connectivity index (χ1v) is 15.9. The van der Waals surface area contributed by atoms with Gasteiger partial charge < -0.3 is 34.5 Å². The Labute approximate surface area is 239 Å². The van der Waals surface area contributed by atoms with E-state index < -0.39 is 6.10 Å². The second-order valence-electron chi connectivity index (χ2n) is 13.0. The summed E-state index contributed by atoms with van der Waals surface area (Å²) < 4.78 is 23.5. The molecule has 2 aliphatic carbocycles. The Bertz CT molecular complexity index is 901. The van der Waals surface area contributed by atoms with Gasteiger partial charge in [0.1, 0.15) is 6.10 Å². The zero-order valence-electron chi connectivity index (χ0n) is 24.6. The standard InChI is InChI=1S/C30H50N4O6/c1-18(29(35)32-10-4-12-33-13-15-39-16-14-33)40-19-5-7-23-22(17-19)20-9-11-31-26-21-6-8-24(37-2)28(38-3)25(21)30(36)34(23)27(20)26/h18-28,31H,4-17H2,1-3H3,(H,32,35). The maximum absolute atomic E-state index is 14.2. The Morgan fingerprint density at radius 1 is 1.07 bits per heavy atom. The van der Waals surface area contributed by atoms with E-state index in [0.29, 0.717) is 30.3 Å². The van der Waals surface area contributed by atoms with E-state index in [9.17, 15) is 9.59 Å². The summed E-state index contributed by atoms with van der Waals surface area (Å²) in [5.74, 6) is 1.35. The molecule has 10 heteroatoms. The van der Waals surface area contributed by atoms with Crippen LogP contribution in [0.1, 0.15) is 51.9 Å². The Hall–Kier alpha value is -1.30. The molecule has 2 amide bonds. The molecule has 6 rings (SSSR count). The minimum Gasteiger partial charge on any atom is -0.379 e. The lowest BCUT2D eigenvalue weighted by molar-refractivity contribution is -0.175. The molecule has 0 bridgehead atoms. The van der Waals surface area contributed by atoms with Gasteiger partial charge in [-0.25, -0.2) is 0 Å². The van der Waals surface area contributed by atoms with Crippen LogP contribution in [0, 0.1) is 23.7 Å². The van der Waals surface area contributed by atoms with Crippen LogP contribution in [0.2, 0.25) is 0 Å². The topological polar surface area (TPSA) is 102 Å². The van der Waals surface area contributed by atoms with Crippen LogP contribution in [0.15, 0.2) is 0 Å². The largest absolute Gasteiger partial charge is 0.379 e. The highest BCUT2D eigenvalue weighted by Crippen LogP contribution is 2.54. The molecule has 6 aliphatic rings. The molecule has 0 aromatic carbocycles. The van der Waals surface area contributed by atoms with Crippen molar-refractivity contribution in [2.75, 3.05) is 60.2 Å². The van der Waals surface area contributed by atoms with Gasteiger partial charge in [-0.2, -0.15) is 0 Å². The monoisotopic (exact) mass is 562 g/mol. The average Bonchev–Trinajstić information content (AvgIpc) is 3.32. The highest BCUT2D eigenvalue weighted by atomic mass is 16.5. The fourth-order valence-corrected chi connectivity index (χ4v) is 9.29. The van der Waals surface area contributed by atoms with Gasteiger partial charge in [-0.15, -0.1) is 0 Å². The smallest absolute Gasteiger partial charge is 0.248 e. The summed E-state index contributed by atoms with van der Waals surface area (Å²) in [6.07, 6.45) is 6.12. The van der Waals surface area contributed by atoms with E-state index >= 15 is 0 Å². The first-order valence-electron chi connectivity index (χ1n) is 15.9. The fourth-order valence-electron chi connectivity index (χ4n) is 9.29. The van der Waals surface area contributed by atoms with E-state index in [1.165, 1.54) is 0 Å². The zero-order chi connectivity index (χ0) is 27.8. The molecule has 0 spiro atoms. The average molecular weight is 563 g/mol. The van der Waals surface area contributed by atoms with E-state index in [2.05, 4.69) is 20.4 Å². The summed E-state index contributed by atoms with van der Waals surface area (Å²) in [5, 5.41) is 6.93. The van der Waals surface area contributed by atoms with Crippen LogP contribution in [0.3, 0.4) is 0 Å². The van der Waals surface area contributed by atoms with Gasteiger partial charge in [0, 0.05) is 45.9 Å². The third kappa shape index (κ3) is 5.33. The van der Waals surface area contributed by atoms with Gasteiger partial charge in [0.05, 0.1) is 43.5 Å². The van der Waals surface area contributed by atoms with E-state index in [1.54, 1.807) is 14.2 Å². The van der Waals surface area contributed by atoms with Crippen LogP contribution in [-0.4, -0.2) is 124 Å². The van der Waals surface area contributed by atoms with E-state index in [1.807, 2.05) is 6.92 Å². The highest BCUT2D eigenvalue weighted by molar-refractivity contribution is 5.83. The third-order valence-corrected chi connectivity index (χ3v) is 11.1. The van der Waals surface area contributed by atoms with Crippen molar-refractivity contribution in [3.8, 4) is 0 Å². The van der Waals surface area contributed by atoms with Crippen molar-refractivity contribution in [2.24, 2.45) is 23.7 Å². The number of piperidine rings is 2. The third-order valence-electron chi connectivity index (χ3n) is 11.1. The summed E-state index contributed by atoms with van der Waals surface area (Å²) >= 11 is 0. The van der Waals surface area contributed by atoms with Gasteiger partial charge in [-0.05, 0) is 82.7 Å². The number of hydrogen-bond acceptors (Lipinski definition) is 8. The van der Waals surface area contributed by atoms with Crippen LogP contribution < -0.4 is 10.6 Å². The van der Waals surface area contributed by atoms with E-state index in [-0.39, 0.29) is 48.1 Å². The number of hydrogen-bond donors (Lipinski definition) is 2. The summed E-state index contributed by atoms with van der Waals surface area (Å²) in [6, 6.07) is 0.847. The summed E-state index contributed by atoms with van der Waals surface area (Å²) in [5.41, 5.74) is 0. The lowest BCUT2D eigenvalue weighted by Crippen LogP contribution is -2.70. The summed E-state index contributed by atoms with van der Waals surface area (Å²) in [4.78, 5) is 31.7. The van der Waals surface area contributed by atoms with Gasteiger partial charge in [0.2, 0.25) is 11.8 Å². The summed E-state index contributed by atoms with van der Waals surface area (Å²) in [6.45, 7) is 8.08. The Balaban J connectivity index is 1.06. The van der Waals surface area contributed by atoms with Crippen molar-refractivity contribution < 1.29 is 28.5 Å². The molecule has 2 N–H and O–H groups in total. The minimum absolute atomic E-state index is 0.0209. The quantitative estimate of drug-likeness (QED) is 0.402. The molecule has 11 atom stereocenters. The number of morpholine rings is 1. The maximum atomic E-state index is 14.2. The van der Waals surface area contributed by atoms with Crippen molar-refractivity contribution in [3.63, 3.8) is 0 Å². The fraction of sp³-hybridized carbons (Fsp3) is 0.933. The number of carbonyl (C=O) groups is 2. The van der Waals surface area contributed by atoms with Crippen LogP contribution in [-0.2, 0) is 28.5 Å². The van der Waals surface area contributed by atoms with E-state index in [4.69, 9.17) is 18.9 Å². The molecule has 0 aromatic heterocycles. The number of ether oxygens (including phenoxy) is 4. The molecule has 11 unspecified atom stereocenters. The van der Waals surface area contributed by atoms with Gasteiger partial charge in [-0.3, -0.25) is 14.5 Å². The van der Waals surface area contributed by atoms with Crippen LogP contribution in [0.25, 0.3) is 0 Å². The van der Waals surface area contributed by atoms with Crippen molar-refractivity contribution in [1.29, 1.82) is 0 Å². The predicted molar refractivity (Wildman–Crippen MR) is 149 cm³/mol. The minimum atomic E-state index is -0.465. The van der Waals surface area contributed by atoms with Gasteiger partial charge in [0.25, 0.3) is 0 Å². The molecule has 226 valence electrons. The van der Waals surface area contributed by atoms with Gasteiger partial charge in [-0.1, -0.05) is 0 Å². The number of rotatable bonds is 9. The molecule has 0 radical (unpaired) electrons. The summed E-state index contributed by atoms with van der Waals surface area (Å²) in [7, 11) is 3.47. The van der Waals surface area contributed by atoms with Crippen molar-refractivity contribution >= 4 is 11.8 Å². The van der Waals surface area contributed by atoms with Crippen molar-refractivity contribution in [3.05, 3.63) is 0 Å². The zero-order valence-corrected chi connectivity index (χ0v) is 24.6. The van der Waals surface area contributed by atoms with Gasteiger partial charge >= 0.3 is 0 Å². The molecule has 4 heterocycles. The Kier molecular flexibility index (Phi) is 9.01. The van der Waals surface area contributed by atoms with Crippen LogP contribution >= 0.6 is 0 Å². The highest BCUT2D eigenvalue weighted by Gasteiger charge is 2.64. The Morgan fingerprint density at radius 2 is 1.90 bits per heavy atom. The lowest BCUT2D eigenvalue weighted by Gasteiger charge is -2.55. The number of amides is 2. The second kappa shape index (κ2) is 12.5. The van der Waals surface area contributed by atoms with E-state index in [0.717, 1.165) is 84.3 Å². The van der Waals surface area contributed by atoms with Gasteiger partial charge in [0.15, 0.2) is 0 Å². The number of methoxy groups -OCH3 is 2. The molecule has 40 heavy (non-hydrogen) atoms. The second-order valence-corrected chi connectivity index (χ2v) is 13.0. The predicted octanol–water partition coefficient (Wildman–Crippen LogP) is 1.03. The lowest BCUT2D eigenvalue weighted by atomic mass is 9.64. The van der Waals surface area contributed by atoms with Crippen molar-refractivity contribution in [1.82, 2.24) is 20.4 Å². The van der Waals surface area contributed by atoms with Crippen molar-refractivity contribution in [2.45, 2.75) is 94.4 Å². The molecule has 2 saturated carbocycles. The molecule has 0 aromatic rings. The molecule has 6 fully saturated rings. The number of nitrogens with zero attached hydrogens (tertiary/aromatic N) is 2. The first kappa shape index (κ1) is 28.8. The van der Waals surface area contributed by atoms with Crippen LogP contribution in [0.5, 0.6) is 0 Å². The number of nitrogens with one attached hydrogen (secondary N) is 2. The first-order chi connectivity index (χ1) is 19.5. The molecule has 10 nitrogen and oxygen atoms in total. The molecule has 4 aliphatic heterocycles.